The summed E-state index contributed by atoms with van der Waals surface area (Å²) in [6, 6.07) is 7.73. The van der Waals surface area contributed by atoms with E-state index in [2.05, 4.69) is 22.0 Å². The number of hydrogen-bond donors (Lipinski definition) is 1. The van der Waals surface area contributed by atoms with Crippen LogP contribution in [-0.2, 0) is 4.74 Å². The van der Waals surface area contributed by atoms with Gasteiger partial charge in [-0.25, -0.2) is 4.99 Å². The minimum Gasteiger partial charge on any atom is -0.507 e. The van der Waals surface area contributed by atoms with E-state index in [-0.39, 0.29) is 5.76 Å². The van der Waals surface area contributed by atoms with Gasteiger partial charge in [0.25, 0.3) is 0 Å². The Morgan fingerprint density at radius 3 is 2.91 bits per heavy atom. The number of hydrogen-bond acceptors (Lipinski definition) is 8. The lowest BCUT2D eigenvalue weighted by molar-refractivity contribution is 0.0322. The van der Waals surface area contributed by atoms with Gasteiger partial charge < -0.3 is 19.5 Å². The van der Waals surface area contributed by atoms with Crippen molar-refractivity contribution in [2.45, 2.75) is 6.92 Å². The van der Waals surface area contributed by atoms with Gasteiger partial charge in [-0.3, -0.25) is 14.9 Å². The van der Waals surface area contributed by atoms with E-state index in [9.17, 15) is 5.11 Å². The fraction of sp³-hybridized carbons (Fsp3) is 0.375. The summed E-state index contributed by atoms with van der Waals surface area (Å²) in [5.41, 5.74) is 3.41. The lowest BCUT2D eigenvalue weighted by atomic mass is 10.0. The second-order valence-corrected chi connectivity index (χ2v) is 8.01. The average Bonchev–Trinajstić information content (AvgIpc) is 3.32. The van der Waals surface area contributed by atoms with Crippen LogP contribution in [-0.4, -0.2) is 84.1 Å². The van der Waals surface area contributed by atoms with E-state index in [0.29, 0.717) is 24.6 Å². The van der Waals surface area contributed by atoms with E-state index in [1.165, 1.54) is 0 Å². The molecule has 3 aliphatic heterocycles. The van der Waals surface area contributed by atoms with Crippen LogP contribution in [0.1, 0.15) is 16.7 Å². The molecule has 2 aromatic rings. The van der Waals surface area contributed by atoms with E-state index in [1.807, 2.05) is 17.9 Å². The molecular weight excluding hydrogens is 406 g/mol. The highest BCUT2D eigenvalue weighted by Crippen LogP contribution is 2.39. The van der Waals surface area contributed by atoms with Gasteiger partial charge in [0.15, 0.2) is 0 Å². The summed E-state index contributed by atoms with van der Waals surface area (Å²) in [5, 5.41) is 10.7. The predicted octanol–water partition coefficient (Wildman–Crippen LogP) is 2.81. The van der Waals surface area contributed by atoms with Crippen LogP contribution in [0.2, 0.25) is 0 Å². The molecule has 0 unspecified atom stereocenters. The van der Waals surface area contributed by atoms with E-state index in [4.69, 9.17) is 19.5 Å². The number of nitrogens with zero attached hydrogens (tertiary/aromatic N) is 5. The Kier molecular flexibility index (Phi) is 5.87. The SMILES string of the molecule is Cc1ccc2c(c1OCCN1CCOCC1)N=C(/C=C(\O)c1cccnc1)N1CCN=C21. The summed E-state index contributed by atoms with van der Waals surface area (Å²) < 4.78 is 11.7. The maximum absolute atomic E-state index is 10.7. The highest BCUT2D eigenvalue weighted by molar-refractivity contribution is 6.20. The zero-order valence-corrected chi connectivity index (χ0v) is 18.2. The van der Waals surface area contributed by atoms with Crippen molar-refractivity contribution in [1.29, 1.82) is 0 Å². The van der Waals surface area contributed by atoms with E-state index in [0.717, 1.165) is 67.8 Å². The van der Waals surface area contributed by atoms with Gasteiger partial charge in [0.05, 0.1) is 19.8 Å². The van der Waals surface area contributed by atoms with Crippen molar-refractivity contribution in [1.82, 2.24) is 14.8 Å². The van der Waals surface area contributed by atoms with Gasteiger partial charge in [0.2, 0.25) is 0 Å². The molecule has 0 bridgehead atoms. The molecule has 1 fully saturated rings. The number of pyridine rings is 1. The summed E-state index contributed by atoms with van der Waals surface area (Å²) in [5.74, 6) is 2.42. The van der Waals surface area contributed by atoms with Crippen LogP contribution in [0.15, 0.2) is 52.7 Å². The van der Waals surface area contributed by atoms with Crippen LogP contribution >= 0.6 is 0 Å². The summed E-state index contributed by atoms with van der Waals surface area (Å²) in [7, 11) is 0. The standard InChI is InChI=1S/C24H27N5O3/c1-17-4-5-19-22(23(17)32-14-11-28-9-12-31-13-10-28)27-21(29-8-7-26-24(19)29)15-20(30)18-3-2-6-25-16-18/h2-6,15-16,30H,7-14H2,1H3/b20-15-. The van der Waals surface area contributed by atoms with Crippen molar-refractivity contribution >= 4 is 23.1 Å². The van der Waals surface area contributed by atoms with Gasteiger partial charge in [-0.05, 0) is 30.7 Å². The molecule has 166 valence electrons. The molecule has 0 radical (unpaired) electrons. The normalized spacial score (nSPS) is 18.7. The minimum atomic E-state index is 0.119. The highest BCUT2D eigenvalue weighted by atomic mass is 16.5. The third-order valence-electron chi connectivity index (χ3n) is 5.89. The second kappa shape index (κ2) is 9.10. The molecule has 5 rings (SSSR count). The number of ether oxygens (including phenoxy) is 2. The van der Waals surface area contributed by atoms with Crippen molar-refractivity contribution < 1.29 is 14.6 Å². The lowest BCUT2D eigenvalue weighted by Crippen LogP contribution is -2.38. The zero-order valence-electron chi connectivity index (χ0n) is 18.2. The Morgan fingerprint density at radius 2 is 2.09 bits per heavy atom. The van der Waals surface area contributed by atoms with Gasteiger partial charge in [-0.2, -0.15) is 0 Å². The van der Waals surface area contributed by atoms with Crippen LogP contribution in [0.4, 0.5) is 5.69 Å². The molecule has 1 saturated heterocycles. The van der Waals surface area contributed by atoms with Crippen molar-refractivity contribution in [3.8, 4) is 5.75 Å². The largest absolute Gasteiger partial charge is 0.507 e. The second-order valence-electron chi connectivity index (χ2n) is 8.01. The van der Waals surface area contributed by atoms with Gasteiger partial charge in [0.1, 0.15) is 35.5 Å². The van der Waals surface area contributed by atoms with Gasteiger partial charge in [-0.15, -0.1) is 0 Å². The predicted molar refractivity (Wildman–Crippen MR) is 124 cm³/mol. The maximum atomic E-state index is 10.7. The number of morpholine rings is 1. The molecule has 1 aromatic heterocycles. The summed E-state index contributed by atoms with van der Waals surface area (Å²) in [6.45, 7) is 8.29. The molecule has 4 heterocycles. The number of aromatic nitrogens is 1. The molecule has 0 saturated carbocycles. The summed E-state index contributed by atoms with van der Waals surface area (Å²) >= 11 is 0. The van der Waals surface area contributed by atoms with Crippen molar-refractivity contribution in [3.05, 3.63) is 59.4 Å². The Balaban J connectivity index is 1.46. The van der Waals surface area contributed by atoms with Crippen LogP contribution in [0.25, 0.3) is 5.76 Å². The molecular formula is C24H27N5O3. The van der Waals surface area contributed by atoms with Crippen LogP contribution in [0, 0.1) is 6.92 Å². The average molecular weight is 434 g/mol. The lowest BCUT2D eigenvalue weighted by Gasteiger charge is -2.29. The number of benzene rings is 1. The molecule has 0 spiro atoms. The quantitative estimate of drug-likeness (QED) is 0.706. The van der Waals surface area contributed by atoms with Crippen LogP contribution in [0.3, 0.4) is 0 Å². The fourth-order valence-corrected chi connectivity index (χ4v) is 4.15. The van der Waals surface area contributed by atoms with E-state index < -0.39 is 0 Å². The zero-order chi connectivity index (χ0) is 21.9. The smallest absolute Gasteiger partial charge is 0.148 e. The Labute approximate surface area is 187 Å². The van der Waals surface area contributed by atoms with Crippen molar-refractivity contribution in [3.63, 3.8) is 0 Å². The molecule has 1 aromatic carbocycles. The molecule has 8 heteroatoms. The molecule has 8 nitrogen and oxygen atoms in total. The molecule has 0 atom stereocenters. The first-order valence-corrected chi connectivity index (χ1v) is 11.0. The fourth-order valence-electron chi connectivity index (χ4n) is 4.15. The number of fused-ring (bicyclic) bond motifs is 3. The third-order valence-corrected chi connectivity index (χ3v) is 5.89. The van der Waals surface area contributed by atoms with Crippen molar-refractivity contribution in [2.24, 2.45) is 9.98 Å². The number of rotatable bonds is 6. The first-order chi connectivity index (χ1) is 15.7. The van der Waals surface area contributed by atoms with Gasteiger partial charge in [0, 0.05) is 55.8 Å². The van der Waals surface area contributed by atoms with Gasteiger partial charge in [-0.1, -0.05) is 6.07 Å². The summed E-state index contributed by atoms with van der Waals surface area (Å²) in [4.78, 5) is 18.1. The van der Waals surface area contributed by atoms with Gasteiger partial charge >= 0.3 is 0 Å². The number of aryl methyl sites for hydroxylation is 1. The highest BCUT2D eigenvalue weighted by Gasteiger charge is 2.31. The molecule has 3 aliphatic rings. The molecule has 0 amide bonds. The van der Waals surface area contributed by atoms with Crippen LogP contribution < -0.4 is 4.74 Å². The molecule has 1 N–H and O–H groups in total. The molecule has 0 aliphatic carbocycles. The summed E-state index contributed by atoms with van der Waals surface area (Å²) in [6.07, 6.45) is 4.99. The Morgan fingerprint density at radius 1 is 1.22 bits per heavy atom. The Bertz CT molecular complexity index is 1070. The number of aliphatic hydroxyl groups excluding tert-OH is 1. The number of amidine groups is 2. The maximum Gasteiger partial charge on any atom is 0.148 e. The monoisotopic (exact) mass is 433 g/mol. The first-order valence-electron chi connectivity index (χ1n) is 11.0. The first kappa shape index (κ1) is 20.7. The number of aliphatic hydroxyl groups is 1. The van der Waals surface area contributed by atoms with Crippen molar-refractivity contribution in [2.75, 3.05) is 52.5 Å². The Hall–Kier alpha value is -3.23. The van der Waals surface area contributed by atoms with E-state index >= 15 is 0 Å². The minimum absolute atomic E-state index is 0.119. The van der Waals surface area contributed by atoms with E-state index in [1.54, 1.807) is 24.5 Å². The topological polar surface area (TPSA) is 82.8 Å². The molecule has 32 heavy (non-hydrogen) atoms. The number of aliphatic imine (C=N–C) groups is 2. The van der Waals surface area contributed by atoms with Crippen LogP contribution in [0.5, 0.6) is 5.75 Å². The third kappa shape index (κ3) is 4.11.